The van der Waals surface area contributed by atoms with Crippen molar-refractivity contribution in [3.8, 4) is 0 Å². The molecule has 4 N–H and O–H groups in total. The molecule has 0 spiro atoms. The molecule has 1 atom stereocenters. The van der Waals surface area contributed by atoms with Crippen molar-refractivity contribution in [2.45, 2.75) is 10.9 Å². The van der Waals surface area contributed by atoms with Crippen molar-refractivity contribution < 1.29 is 14.8 Å². The Morgan fingerprint density at radius 3 is 2.84 bits per heavy atom. The van der Waals surface area contributed by atoms with E-state index in [1.165, 1.54) is 12.1 Å². The molecule has 1 aromatic carbocycles. The highest BCUT2D eigenvalue weighted by molar-refractivity contribution is 7.99. The zero-order valence-electron chi connectivity index (χ0n) is 9.44. The normalized spacial score (nSPS) is 12.5. The SMILES string of the molecule is NC(CSc1ccc([N+](=O)[O-])c2n[nH]nc12)C(=O)O. The number of hydrogen-bond acceptors (Lipinski definition) is 7. The summed E-state index contributed by atoms with van der Waals surface area (Å²) in [6, 6.07) is 1.80. The number of benzene rings is 1. The van der Waals surface area contributed by atoms with E-state index in [2.05, 4.69) is 15.4 Å². The second-order valence-electron chi connectivity index (χ2n) is 3.62. The molecule has 2 rings (SSSR count). The van der Waals surface area contributed by atoms with E-state index in [-0.39, 0.29) is 17.0 Å². The standard InChI is InChI=1S/C9H9N5O4S/c10-4(9(15)16)3-19-6-2-1-5(14(17)18)7-8(6)12-13-11-7/h1-2,4H,3,10H2,(H,15,16)(H,11,12,13). The molecule has 0 aliphatic rings. The summed E-state index contributed by atoms with van der Waals surface area (Å²) in [5.41, 5.74) is 5.70. The maximum atomic E-state index is 10.8. The van der Waals surface area contributed by atoms with E-state index in [4.69, 9.17) is 10.8 Å². The van der Waals surface area contributed by atoms with Crippen LogP contribution >= 0.6 is 11.8 Å². The zero-order chi connectivity index (χ0) is 14.0. The van der Waals surface area contributed by atoms with Gasteiger partial charge in [-0.3, -0.25) is 14.9 Å². The van der Waals surface area contributed by atoms with Crippen LogP contribution in [0.15, 0.2) is 17.0 Å². The van der Waals surface area contributed by atoms with Crippen LogP contribution in [0.3, 0.4) is 0 Å². The van der Waals surface area contributed by atoms with Crippen LogP contribution in [-0.2, 0) is 4.79 Å². The minimum atomic E-state index is -1.11. The molecule has 9 nitrogen and oxygen atoms in total. The molecule has 2 aromatic rings. The molecule has 0 amide bonds. The molecule has 10 heteroatoms. The first-order valence-corrected chi connectivity index (χ1v) is 6.08. The lowest BCUT2D eigenvalue weighted by Crippen LogP contribution is -2.32. The van der Waals surface area contributed by atoms with Gasteiger partial charge < -0.3 is 10.8 Å². The Morgan fingerprint density at radius 2 is 2.21 bits per heavy atom. The fourth-order valence-electron chi connectivity index (χ4n) is 1.41. The van der Waals surface area contributed by atoms with Gasteiger partial charge in [-0.15, -0.1) is 16.9 Å². The quantitative estimate of drug-likeness (QED) is 0.405. The predicted molar refractivity (Wildman–Crippen MR) is 66.9 cm³/mol. The number of nitro benzene ring substituents is 1. The highest BCUT2D eigenvalue weighted by Crippen LogP contribution is 2.31. The first-order chi connectivity index (χ1) is 9.00. The Kier molecular flexibility index (Phi) is 3.62. The number of nitrogens with zero attached hydrogens (tertiary/aromatic N) is 3. The lowest BCUT2D eigenvalue weighted by molar-refractivity contribution is -0.383. The second-order valence-corrected chi connectivity index (χ2v) is 4.68. The molecule has 0 aliphatic carbocycles. The van der Waals surface area contributed by atoms with Crippen molar-refractivity contribution in [1.29, 1.82) is 0 Å². The van der Waals surface area contributed by atoms with E-state index in [0.717, 1.165) is 11.8 Å². The molecule has 19 heavy (non-hydrogen) atoms. The minimum Gasteiger partial charge on any atom is -0.480 e. The van der Waals surface area contributed by atoms with Crippen LogP contribution in [0.1, 0.15) is 0 Å². The van der Waals surface area contributed by atoms with Crippen molar-refractivity contribution >= 4 is 34.5 Å². The van der Waals surface area contributed by atoms with Gasteiger partial charge in [-0.1, -0.05) is 0 Å². The molecule has 0 saturated heterocycles. The number of thioether (sulfide) groups is 1. The van der Waals surface area contributed by atoms with Crippen molar-refractivity contribution in [1.82, 2.24) is 15.4 Å². The number of H-pyrrole nitrogens is 1. The number of non-ortho nitro benzene ring substituents is 1. The van der Waals surface area contributed by atoms with Gasteiger partial charge in [0, 0.05) is 16.7 Å². The third-order valence-electron chi connectivity index (χ3n) is 2.35. The number of aliphatic carboxylic acids is 1. The first kappa shape index (κ1) is 13.2. The Hall–Kier alpha value is -2.20. The summed E-state index contributed by atoms with van der Waals surface area (Å²) in [5.74, 6) is -0.972. The molecule has 1 unspecified atom stereocenters. The topological polar surface area (TPSA) is 148 Å². The summed E-state index contributed by atoms with van der Waals surface area (Å²) in [7, 11) is 0. The van der Waals surface area contributed by atoms with E-state index in [1.807, 2.05) is 0 Å². The molecule has 0 aliphatic heterocycles. The third-order valence-corrected chi connectivity index (χ3v) is 3.52. The summed E-state index contributed by atoms with van der Waals surface area (Å²) < 4.78 is 0. The minimum absolute atomic E-state index is 0.134. The molecule has 0 saturated carbocycles. The Morgan fingerprint density at radius 1 is 1.53 bits per heavy atom. The summed E-state index contributed by atoms with van der Waals surface area (Å²) in [4.78, 5) is 21.5. The van der Waals surface area contributed by atoms with E-state index in [0.29, 0.717) is 10.4 Å². The molecule has 0 fully saturated rings. The van der Waals surface area contributed by atoms with Crippen LogP contribution in [0.2, 0.25) is 0 Å². The summed E-state index contributed by atoms with van der Waals surface area (Å²) >= 11 is 1.16. The van der Waals surface area contributed by atoms with Gasteiger partial charge in [-0.25, -0.2) is 0 Å². The maximum Gasteiger partial charge on any atom is 0.321 e. The number of hydrogen-bond donors (Lipinski definition) is 3. The van der Waals surface area contributed by atoms with Gasteiger partial charge in [0.15, 0.2) is 5.52 Å². The number of aromatic amines is 1. The van der Waals surface area contributed by atoms with E-state index in [1.54, 1.807) is 0 Å². The van der Waals surface area contributed by atoms with Gasteiger partial charge in [-0.2, -0.15) is 10.3 Å². The summed E-state index contributed by atoms with van der Waals surface area (Å²) in [5, 5.41) is 29.4. The van der Waals surface area contributed by atoms with Gasteiger partial charge in [0.05, 0.1) is 4.92 Å². The third kappa shape index (κ3) is 2.63. The van der Waals surface area contributed by atoms with Crippen LogP contribution in [0.4, 0.5) is 5.69 Å². The van der Waals surface area contributed by atoms with Gasteiger partial charge in [0.2, 0.25) is 0 Å². The zero-order valence-corrected chi connectivity index (χ0v) is 10.3. The monoisotopic (exact) mass is 283 g/mol. The van der Waals surface area contributed by atoms with Crippen molar-refractivity contribution in [3.05, 3.63) is 22.2 Å². The van der Waals surface area contributed by atoms with E-state index < -0.39 is 16.9 Å². The van der Waals surface area contributed by atoms with Crippen molar-refractivity contribution in [2.75, 3.05) is 5.75 Å². The molecular formula is C9H9N5O4S. The fourth-order valence-corrected chi connectivity index (χ4v) is 2.35. The second kappa shape index (κ2) is 5.20. The van der Waals surface area contributed by atoms with Crippen LogP contribution in [0.25, 0.3) is 11.0 Å². The lowest BCUT2D eigenvalue weighted by atomic mass is 10.3. The average molecular weight is 283 g/mol. The first-order valence-electron chi connectivity index (χ1n) is 5.09. The summed E-state index contributed by atoms with van der Waals surface area (Å²) in [6.45, 7) is 0. The van der Waals surface area contributed by atoms with Gasteiger partial charge >= 0.3 is 5.97 Å². The summed E-state index contributed by atoms with van der Waals surface area (Å²) in [6.07, 6.45) is 0. The predicted octanol–water partition coefficient (Wildman–Crippen LogP) is 0.370. The smallest absolute Gasteiger partial charge is 0.321 e. The van der Waals surface area contributed by atoms with Gasteiger partial charge in [0.1, 0.15) is 11.6 Å². The van der Waals surface area contributed by atoms with Gasteiger partial charge in [-0.05, 0) is 6.07 Å². The number of carboxylic acid groups (broad SMARTS) is 1. The Bertz CT molecular complexity index is 643. The number of rotatable bonds is 5. The fraction of sp³-hybridized carbons (Fsp3) is 0.222. The number of nitro groups is 1. The molecular weight excluding hydrogens is 274 g/mol. The molecule has 0 radical (unpaired) electrons. The largest absolute Gasteiger partial charge is 0.480 e. The lowest BCUT2D eigenvalue weighted by Gasteiger charge is -2.05. The van der Waals surface area contributed by atoms with Crippen molar-refractivity contribution in [3.63, 3.8) is 0 Å². The Labute approximate surface area is 110 Å². The highest BCUT2D eigenvalue weighted by Gasteiger charge is 2.19. The van der Waals surface area contributed by atoms with Crippen LogP contribution in [-0.4, -0.2) is 43.2 Å². The highest BCUT2D eigenvalue weighted by atomic mass is 32.2. The average Bonchev–Trinajstić information content (AvgIpc) is 2.83. The molecule has 100 valence electrons. The van der Waals surface area contributed by atoms with Crippen LogP contribution < -0.4 is 5.73 Å². The molecule has 1 aromatic heterocycles. The number of carboxylic acids is 1. The number of fused-ring (bicyclic) bond motifs is 1. The maximum absolute atomic E-state index is 10.8. The number of carbonyl (C=O) groups is 1. The number of nitrogens with one attached hydrogen (secondary N) is 1. The Balaban J connectivity index is 2.30. The number of nitrogens with two attached hydrogens (primary N) is 1. The molecule has 1 heterocycles. The van der Waals surface area contributed by atoms with Crippen molar-refractivity contribution in [2.24, 2.45) is 5.73 Å². The number of aromatic nitrogens is 3. The van der Waals surface area contributed by atoms with Crippen LogP contribution in [0, 0.1) is 10.1 Å². The van der Waals surface area contributed by atoms with Gasteiger partial charge in [0.25, 0.3) is 5.69 Å². The molecule has 0 bridgehead atoms. The van der Waals surface area contributed by atoms with Crippen LogP contribution in [0.5, 0.6) is 0 Å². The van der Waals surface area contributed by atoms with E-state index >= 15 is 0 Å². The van der Waals surface area contributed by atoms with E-state index in [9.17, 15) is 14.9 Å².